The molecule has 0 spiro atoms. The van der Waals surface area contributed by atoms with E-state index in [-0.39, 0.29) is 23.8 Å². The Morgan fingerprint density at radius 2 is 1.56 bits per heavy atom. The van der Waals surface area contributed by atoms with Crippen LogP contribution in [0, 0.1) is 5.82 Å². The third kappa shape index (κ3) is 4.53. The molecule has 7 rings (SSSR count). The molecule has 0 aliphatic heterocycles. The van der Waals surface area contributed by atoms with E-state index in [9.17, 15) is 9.18 Å². The highest BCUT2D eigenvalue weighted by molar-refractivity contribution is 6.02. The lowest BCUT2D eigenvalue weighted by molar-refractivity contribution is 0.300. The maximum atomic E-state index is 14.3. The minimum Gasteiger partial charge on any atom is -0.488 e. The second kappa shape index (κ2) is 10.2. The predicted octanol–water partition coefficient (Wildman–Crippen LogP) is 7.56. The van der Waals surface area contributed by atoms with Crippen molar-refractivity contribution in [3.8, 4) is 17.3 Å². The number of ether oxygens (including phenoxy) is 1. The van der Waals surface area contributed by atoms with Crippen LogP contribution in [0.2, 0.25) is 0 Å². The topological polar surface area (TPSA) is 69.6 Å². The largest absolute Gasteiger partial charge is 0.488 e. The maximum absolute atomic E-state index is 14.3. The molecule has 0 atom stereocenters. The Bertz CT molecular complexity index is 2130. The van der Waals surface area contributed by atoms with E-state index in [4.69, 9.17) is 14.1 Å². The number of hydrogen-bond donors (Lipinski definition) is 0. The Kier molecular flexibility index (Phi) is 6.09. The minimum atomic E-state index is -0.340. The first-order valence-corrected chi connectivity index (χ1v) is 13.1. The van der Waals surface area contributed by atoms with Gasteiger partial charge in [-0.1, -0.05) is 78.9 Å². The molecular formula is C34H22FN3O3. The van der Waals surface area contributed by atoms with Gasteiger partial charge in [-0.25, -0.2) is 9.37 Å². The van der Waals surface area contributed by atoms with E-state index in [1.54, 1.807) is 42.6 Å². The highest BCUT2D eigenvalue weighted by atomic mass is 19.1. The van der Waals surface area contributed by atoms with Crippen molar-refractivity contribution < 1.29 is 13.5 Å². The first kappa shape index (κ1) is 24.5. The molecule has 0 fully saturated rings. The molecule has 41 heavy (non-hydrogen) atoms. The van der Waals surface area contributed by atoms with Crippen molar-refractivity contribution in [1.29, 1.82) is 0 Å². The number of rotatable bonds is 6. The second-order valence-electron chi connectivity index (χ2n) is 9.54. The molecule has 2 aromatic heterocycles. The van der Waals surface area contributed by atoms with Gasteiger partial charge in [-0.15, -0.1) is 0 Å². The van der Waals surface area contributed by atoms with E-state index in [0.717, 1.165) is 16.2 Å². The molecule has 198 valence electrons. The summed E-state index contributed by atoms with van der Waals surface area (Å²) in [6.07, 6.45) is 1.59. The molecule has 0 amide bonds. The number of aromatic nitrogens is 2. The predicted molar refractivity (Wildman–Crippen MR) is 159 cm³/mol. The molecule has 0 unspecified atom stereocenters. The Morgan fingerprint density at radius 1 is 0.829 bits per heavy atom. The minimum absolute atomic E-state index is 0.0353. The van der Waals surface area contributed by atoms with Crippen molar-refractivity contribution >= 4 is 38.9 Å². The van der Waals surface area contributed by atoms with Gasteiger partial charge in [-0.3, -0.25) is 4.79 Å². The van der Waals surface area contributed by atoms with Crippen LogP contribution in [-0.4, -0.2) is 15.9 Å². The zero-order valence-corrected chi connectivity index (χ0v) is 21.7. The Hall–Kier alpha value is -5.56. The molecule has 0 aliphatic rings. The number of fused-ring (bicyclic) bond motifs is 3. The number of hydrogen-bond acceptors (Lipinski definition) is 5. The highest BCUT2D eigenvalue weighted by Crippen LogP contribution is 2.29. The van der Waals surface area contributed by atoms with Gasteiger partial charge in [0.2, 0.25) is 5.82 Å². The zero-order chi connectivity index (χ0) is 27.8. The van der Waals surface area contributed by atoms with Gasteiger partial charge in [-0.2, -0.15) is 9.78 Å². The van der Waals surface area contributed by atoms with Gasteiger partial charge < -0.3 is 9.15 Å². The van der Waals surface area contributed by atoms with Crippen molar-refractivity contribution in [1.82, 2.24) is 9.66 Å². The summed E-state index contributed by atoms with van der Waals surface area (Å²) < 4.78 is 27.8. The van der Waals surface area contributed by atoms with Crippen molar-refractivity contribution in [2.45, 2.75) is 6.61 Å². The number of nitrogens with zero attached hydrogens (tertiary/aromatic N) is 3. The van der Waals surface area contributed by atoms with Crippen LogP contribution >= 0.6 is 0 Å². The van der Waals surface area contributed by atoms with E-state index in [1.165, 1.54) is 10.7 Å². The number of halogens is 1. The van der Waals surface area contributed by atoms with Gasteiger partial charge >= 0.3 is 0 Å². The van der Waals surface area contributed by atoms with Crippen LogP contribution in [0.4, 0.5) is 4.39 Å². The SMILES string of the molecule is O=c1c2ccccc2nc(-c2cc3ccccc3o2)n1N=Cc1c(OCc2ccccc2F)ccc2ccccc12. The summed E-state index contributed by atoms with van der Waals surface area (Å²) in [7, 11) is 0. The van der Waals surface area contributed by atoms with Crippen LogP contribution in [0.15, 0.2) is 130 Å². The van der Waals surface area contributed by atoms with Crippen LogP contribution in [0.25, 0.3) is 44.2 Å². The van der Waals surface area contributed by atoms with Crippen LogP contribution in [0.5, 0.6) is 5.75 Å². The van der Waals surface area contributed by atoms with Gasteiger partial charge in [0.05, 0.1) is 17.1 Å². The molecule has 5 aromatic carbocycles. The highest BCUT2D eigenvalue weighted by Gasteiger charge is 2.17. The van der Waals surface area contributed by atoms with E-state index in [1.807, 2.05) is 72.8 Å². The second-order valence-corrected chi connectivity index (χ2v) is 9.54. The maximum Gasteiger partial charge on any atom is 0.282 e. The molecule has 7 heteroatoms. The molecule has 0 bridgehead atoms. The van der Waals surface area contributed by atoms with Crippen LogP contribution in [0.1, 0.15) is 11.1 Å². The smallest absolute Gasteiger partial charge is 0.282 e. The van der Waals surface area contributed by atoms with E-state index < -0.39 is 0 Å². The quantitative estimate of drug-likeness (QED) is 0.205. The molecule has 2 heterocycles. The summed E-state index contributed by atoms with van der Waals surface area (Å²) in [5, 5.41) is 7.81. The lowest BCUT2D eigenvalue weighted by Crippen LogP contribution is -2.20. The van der Waals surface area contributed by atoms with Gasteiger partial charge in [0.15, 0.2) is 5.76 Å². The number of furan rings is 1. The molecule has 0 aliphatic carbocycles. The fraction of sp³-hybridized carbons (Fsp3) is 0.0294. The molecule has 0 radical (unpaired) electrons. The molecule has 0 N–H and O–H groups in total. The summed E-state index contributed by atoms with van der Waals surface area (Å²) in [6.45, 7) is 0.0353. The van der Waals surface area contributed by atoms with E-state index >= 15 is 0 Å². The Labute approximate surface area is 233 Å². The van der Waals surface area contributed by atoms with Crippen LogP contribution in [0.3, 0.4) is 0 Å². The fourth-order valence-corrected chi connectivity index (χ4v) is 4.90. The van der Waals surface area contributed by atoms with Gasteiger partial charge in [-0.05, 0) is 47.2 Å². The average Bonchev–Trinajstić information content (AvgIpc) is 3.45. The molecular weight excluding hydrogens is 517 g/mol. The standard InChI is InChI=1S/C34H22FN3O3/c35-28-14-6-2-11-24(28)21-40-31-18-17-22-9-1-4-12-25(22)27(31)20-36-38-33(32-19-23-10-3-8-16-30(23)41-32)37-29-15-7-5-13-26(29)34(38)39/h1-20H,21H2. The Balaban J connectivity index is 1.39. The summed E-state index contributed by atoms with van der Waals surface area (Å²) >= 11 is 0. The molecule has 0 saturated carbocycles. The van der Waals surface area contributed by atoms with E-state index in [0.29, 0.717) is 39.1 Å². The van der Waals surface area contributed by atoms with Gasteiger partial charge in [0, 0.05) is 16.5 Å². The average molecular weight is 540 g/mol. The summed E-state index contributed by atoms with van der Waals surface area (Å²) in [6, 6.07) is 34.6. The van der Waals surface area contributed by atoms with Crippen molar-refractivity contribution in [3.63, 3.8) is 0 Å². The summed E-state index contributed by atoms with van der Waals surface area (Å²) in [4.78, 5) is 18.5. The zero-order valence-electron chi connectivity index (χ0n) is 21.7. The number of para-hydroxylation sites is 2. The van der Waals surface area contributed by atoms with Gasteiger partial charge in [0.1, 0.15) is 23.8 Å². The van der Waals surface area contributed by atoms with Gasteiger partial charge in [0.25, 0.3) is 5.56 Å². The monoisotopic (exact) mass is 539 g/mol. The van der Waals surface area contributed by atoms with Crippen LogP contribution < -0.4 is 10.3 Å². The molecule has 6 nitrogen and oxygen atoms in total. The first-order valence-electron chi connectivity index (χ1n) is 13.1. The lowest BCUT2D eigenvalue weighted by Gasteiger charge is -2.13. The first-order chi connectivity index (χ1) is 20.2. The van der Waals surface area contributed by atoms with Crippen LogP contribution in [-0.2, 0) is 6.61 Å². The third-order valence-electron chi connectivity index (χ3n) is 6.97. The van der Waals surface area contributed by atoms with Crippen molar-refractivity contribution in [3.05, 3.63) is 143 Å². The van der Waals surface area contributed by atoms with Crippen molar-refractivity contribution in [2.75, 3.05) is 0 Å². The molecule has 7 aromatic rings. The fourth-order valence-electron chi connectivity index (χ4n) is 4.90. The summed E-state index contributed by atoms with van der Waals surface area (Å²) in [5.41, 5.74) is 1.97. The van der Waals surface area contributed by atoms with E-state index in [2.05, 4.69) is 5.10 Å². The summed E-state index contributed by atoms with van der Waals surface area (Å²) in [5.74, 6) is 0.853. The Morgan fingerprint density at radius 3 is 2.41 bits per heavy atom. The number of benzene rings is 5. The lowest BCUT2D eigenvalue weighted by atomic mass is 10.0. The molecule has 0 saturated heterocycles. The van der Waals surface area contributed by atoms with Crippen molar-refractivity contribution in [2.24, 2.45) is 5.10 Å². The third-order valence-corrected chi connectivity index (χ3v) is 6.97. The normalized spacial score (nSPS) is 11.6.